The molecule has 1 aromatic rings. The monoisotopic (exact) mass is 358 g/mol. The van der Waals surface area contributed by atoms with Crippen LogP contribution in [0, 0.1) is 12.8 Å². The Morgan fingerprint density at radius 3 is 2.58 bits per heavy atom. The molecule has 0 aromatic carbocycles. The molecule has 0 bridgehead atoms. The van der Waals surface area contributed by atoms with E-state index in [0.29, 0.717) is 49.9 Å². The van der Waals surface area contributed by atoms with Gasteiger partial charge in [0.15, 0.2) is 0 Å². The number of fused-ring (bicyclic) bond motifs is 1. The van der Waals surface area contributed by atoms with Gasteiger partial charge in [-0.3, -0.25) is 19.0 Å². The molecule has 4 rings (SSSR count). The van der Waals surface area contributed by atoms with Crippen molar-refractivity contribution in [2.75, 3.05) is 6.54 Å². The molecular formula is C19H26N4O3. The zero-order chi connectivity index (χ0) is 18.4. The fourth-order valence-corrected chi connectivity index (χ4v) is 4.58. The highest BCUT2D eigenvalue weighted by molar-refractivity contribution is 5.84. The van der Waals surface area contributed by atoms with Gasteiger partial charge >= 0.3 is 0 Å². The summed E-state index contributed by atoms with van der Waals surface area (Å²) < 4.78 is 1.54. The van der Waals surface area contributed by atoms with E-state index in [1.165, 1.54) is 17.4 Å². The number of carbonyl (C=O) groups is 2. The topological polar surface area (TPSA) is 75.5 Å². The molecule has 7 nitrogen and oxygen atoms in total. The second-order valence-corrected chi connectivity index (χ2v) is 7.86. The van der Waals surface area contributed by atoms with Gasteiger partial charge < -0.3 is 9.80 Å². The summed E-state index contributed by atoms with van der Waals surface area (Å²) in [7, 11) is 1.71. The molecule has 1 aliphatic carbocycles. The first kappa shape index (κ1) is 17.2. The predicted octanol–water partition coefficient (Wildman–Crippen LogP) is 1.11. The predicted molar refractivity (Wildman–Crippen MR) is 95.2 cm³/mol. The van der Waals surface area contributed by atoms with Gasteiger partial charge in [-0.05, 0) is 26.2 Å². The molecule has 0 radical (unpaired) electrons. The molecule has 2 aliphatic heterocycles. The van der Waals surface area contributed by atoms with Gasteiger partial charge in [-0.15, -0.1) is 0 Å². The average Bonchev–Trinajstić information content (AvgIpc) is 3.29. The maximum atomic E-state index is 13.1. The summed E-state index contributed by atoms with van der Waals surface area (Å²) in [5.74, 6) is 0.751. The molecule has 7 heteroatoms. The number of nitrogens with zero attached hydrogens (tertiary/aromatic N) is 4. The molecule has 3 aliphatic rings. The fourth-order valence-electron chi connectivity index (χ4n) is 4.58. The molecule has 1 atom stereocenters. The van der Waals surface area contributed by atoms with E-state index in [0.717, 1.165) is 18.5 Å². The second-order valence-electron chi connectivity index (χ2n) is 7.86. The van der Waals surface area contributed by atoms with Crippen LogP contribution in [0.25, 0.3) is 0 Å². The highest BCUT2D eigenvalue weighted by atomic mass is 16.2. The molecule has 1 saturated heterocycles. The van der Waals surface area contributed by atoms with Gasteiger partial charge in [0.1, 0.15) is 5.82 Å². The minimum atomic E-state index is -0.160. The van der Waals surface area contributed by atoms with Crippen molar-refractivity contribution in [3.8, 4) is 0 Å². The van der Waals surface area contributed by atoms with Crippen molar-refractivity contribution in [2.24, 2.45) is 13.0 Å². The number of piperidine rings is 1. The summed E-state index contributed by atoms with van der Waals surface area (Å²) in [6.45, 7) is 3.07. The normalized spacial score (nSPS) is 23.6. The van der Waals surface area contributed by atoms with Crippen LogP contribution in [0.15, 0.2) is 4.79 Å². The first-order chi connectivity index (χ1) is 12.5. The van der Waals surface area contributed by atoms with Gasteiger partial charge in [-0.2, -0.15) is 0 Å². The van der Waals surface area contributed by atoms with Gasteiger partial charge in [0.2, 0.25) is 11.8 Å². The Bertz CT molecular complexity index is 810. The Hall–Kier alpha value is -2.18. The number of rotatable bonds is 2. The maximum absolute atomic E-state index is 13.1. The molecular weight excluding hydrogens is 332 g/mol. The lowest BCUT2D eigenvalue weighted by atomic mass is 9.94. The van der Waals surface area contributed by atoms with Crippen LogP contribution in [-0.4, -0.2) is 43.8 Å². The molecule has 1 aromatic heterocycles. The van der Waals surface area contributed by atoms with Crippen LogP contribution >= 0.6 is 0 Å². The summed E-state index contributed by atoms with van der Waals surface area (Å²) in [6.07, 6.45) is 5.51. The molecule has 2 amide bonds. The third-order valence-electron chi connectivity index (χ3n) is 6.25. The Kier molecular flexibility index (Phi) is 4.32. The van der Waals surface area contributed by atoms with Crippen molar-refractivity contribution in [1.29, 1.82) is 0 Å². The zero-order valence-electron chi connectivity index (χ0n) is 15.5. The van der Waals surface area contributed by atoms with E-state index < -0.39 is 0 Å². The van der Waals surface area contributed by atoms with Crippen molar-refractivity contribution in [1.82, 2.24) is 19.4 Å². The highest BCUT2D eigenvalue weighted by Crippen LogP contribution is 2.30. The Labute approximate surface area is 153 Å². The molecule has 2 fully saturated rings. The molecule has 1 unspecified atom stereocenters. The number of carbonyl (C=O) groups excluding carboxylic acids is 2. The van der Waals surface area contributed by atoms with Crippen LogP contribution in [0.1, 0.15) is 55.6 Å². The van der Waals surface area contributed by atoms with Crippen molar-refractivity contribution >= 4 is 11.8 Å². The third kappa shape index (κ3) is 2.83. The molecule has 1 saturated carbocycles. The molecule has 0 spiro atoms. The van der Waals surface area contributed by atoms with Crippen LogP contribution < -0.4 is 5.56 Å². The lowest BCUT2D eigenvalue weighted by Gasteiger charge is -2.37. The van der Waals surface area contributed by atoms with Crippen molar-refractivity contribution in [2.45, 2.75) is 64.6 Å². The van der Waals surface area contributed by atoms with Crippen LogP contribution in [0.3, 0.4) is 0 Å². The van der Waals surface area contributed by atoms with E-state index in [4.69, 9.17) is 0 Å². The summed E-state index contributed by atoms with van der Waals surface area (Å²) in [6, 6.07) is 0.311. The minimum Gasteiger partial charge on any atom is -0.339 e. The molecule has 3 heterocycles. The van der Waals surface area contributed by atoms with Gasteiger partial charge in [-0.1, -0.05) is 12.8 Å². The number of hydrogen-bond acceptors (Lipinski definition) is 4. The lowest BCUT2D eigenvalue weighted by Crippen LogP contribution is -2.49. The summed E-state index contributed by atoms with van der Waals surface area (Å²) in [4.78, 5) is 46.0. The van der Waals surface area contributed by atoms with E-state index in [1.807, 2.05) is 4.90 Å². The second kappa shape index (κ2) is 6.52. The largest absolute Gasteiger partial charge is 0.339 e. The Morgan fingerprint density at radius 2 is 1.85 bits per heavy atom. The molecule has 0 N–H and O–H groups in total. The average molecular weight is 358 g/mol. The summed E-state index contributed by atoms with van der Waals surface area (Å²) in [5.41, 5.74) is 1.29. The first-order valence-electron chi connectivity index (χ1n) is 9.59. The van der Waals surface area contributed by atoms with Crippen LogP contribution in [0.4, 0.5) is 0 Å². The van der Waals surface area contributed by atoms with Crippen LogP contribution in [0.2, 0.25) is 0 Å². The lowest BCUT2D eigenvalue weighted by molar-refractivity contribution is -0.145. The van der Waals surface area contributed by atoms with Crippen molar-refractivity contribution < 1.29 is 9.59 Å². The van der Waals surface area contributed by atoms with Gasteiger partial charge in [0.25, 0.3) is 5.56 Å². The zero-order valence-corrected chi connectivity index (χ0v) is 15.5. The minimum absolute atomic E-state index is 0.0539. The van der Waals surface area contributed by atoms with E-state index in [9.17, 15) is 14.4 Å². The SMILES string of the molecule is Cc1nc2c(c(=O)n1C)CN(C(=O)C1CCC(=O)N(C3CCCC3)C1)C2. The third-order valence-corrected chi connectivity index (χ3v) is 6.25. The Balaban J connectivity index is 1.49. The van der Waals surface area contributed by atoms with E-state index in [2.05, 4.69) is 4.98 Å². The fraction of sp³-hybridized carbons (Fsp3) is 0.684. The highest BCUT2D eigenvalue weighted by Gasteiger charge is 2.38. The smallest absolute Gasteiger partial charge is 0.258 e. The van der Waals surface area contributed by atoms with Gasteiger partial charge in [0, 0.05) is 26.1 Å². The number of aromatic nitrogens is 2. The Morgan fingerprint density at radius 1 is 1.12 bits per heavy atom. The van der Waals surface area contributed by atoms with E-state index in [-0.39, 0.29) is 23.3 Å². The van der Waals surface area contributed by atoms with Crippen molar-refractivity contribution in [3.63, 3.8) is 0 Å². The number of hydrogen-bond donors (Lipinski definition) is 0. The van der Waals surface area contributed by atoms with Crippen LogP contribution in [0.5, 0.6) is 0 Å². The van der Waals surface area contributed by atoms with Crippen molar-refractivity contribution in [3.05, 3.63) is 27.4 Å². The molecule has 26 heavy (non-hydrogen) atoms. The van der Waals surface area contributed by atoms with Gasteiger partial charge in [0.05, 0.1) is 30.3 Å². The maximum Gasteiger partial charge on any atom is 0.258 e. The summed E-state index contributed by atoms with van der Waals surface area (Å²) in [5, 5.41) is 0. The number of likely N-dealkylation sites (tertiary alicyclic amines) is 1. The van der Waals surface area contributed by atoms with E-state index in [1.54, 1.807) is 18.9 Å². The number of amides is 2. The van der Waals surface area contributed by atoms with Crippen LogP contribution in [-0.2, 0) is 29.7 Å². The van der Waals surface area contributed by atoms with E-state index >= 15 is 0 Å². The number of aryl methyl sites for hydroxylation is 1. The quantitative estimate of drug-likeness (QED) is 0.794. The summed E-state index contributed by atoms with van der Waals surface area (Å²) >= 11 is 0. The first-order valence-corrected chi connectivity index (χ1v) is 9.59. The standard InChI is InChI=1S/C19H26N4O3/c1-12-20-16-11-22(10-15(16)19(26)21(12)2)18(25)13-7-8-17(24)23(9-13)14-5-3-4-6-14/h13-14H,3-11H2,1-2H3. The molecule has 140 valence electrons. The van der Waals surface area contributed by atoms with Gasteiger partial charge in [-0.25, -0.2) is 4.98 Å².